The van der Waals surface area contributed by atoms with Gasteiger partial charge in [0.1, 0.15) is 0 Å². The van der Waals surface area contributed by atoms with Gasteiger partial charge in [-0.2, -0.15) is 0 Å². The standard InChI is InChI=1S/C18H32O4/c1-2-3-4-5-6-7-8-10-13-16(19)17(20)14-11-9-12-15-18(21)22/h6-7,10,13,16-17,19-20H,2-5,8-9,11-12,14-15H2,1H3,(H,21,22)/p-1/b7-6-,13-10-. The molecule has 0 aromatic rings. The van der Waals surface area contributed by atoms with Crippen molar-refractivity contribution >= 4 is 5.97 Å². The van der Waals surface area contributed by atoms with E-state index in [2.05, 4.69) is 19.1 Å². The third kappa shape index (κ3) is 13.8. The molecular weight excluding hydrogens is 280 g/mol. The summed E-state index contributed by atoms with van der Waals surface area (Å²) in [5.41, 5.74) is 0. The van der Waals surface area contributed by atoms with Gasteiger partial charge < -0.3 is 20.1 Å². The summed E-state index contributed by atoms with van der Waals surface area (Å²) in [6.07, 6.45) is 14.2. The molecule has 0 aromatic heterocycles. The first-order valence-corrected chi connectivity index (χ1v) is 8.45. The van der Waals surface area contributed by atoms with Crippen LogP contribution in [0.5, 0.6) is 0 Å². The number of hydrogen-bond donors (Lipinski definition) is 2. The summed E-state index contributed by atoms with van der Waals surface area (Å²) in [6.45, 7) is 2.18. The molecular formula is C18H31O4-. The number of aliphatic carboxylic acids is 1. The molecule has 2 atom stereocenters. The zero-order chi connectivity index (χ0) is 16.6. The minimum Gasteiger partial charge on any atom is -0.550 e. The van der Waals surface area contributed by atoms with E-state index in [0.717, 1.165) is 19.3 Å². The fourth-order valence-electron chi connectivity index (χ4n) is 2.12. The Bertz CT molecular complexity index is 323. The van der Waals surface area contributed by atoms with Crippen molar-refractivity contribution in [2.24, 2.45) is 0 Å². The molecule has 0 aliphatic rings. The third-order valence-corrected chi connectivity index (χ3v) is 3.52. The normalized spacial score (nSPS) is 14.7. The fraction of sp³-hybridized carbons (Fsp3) is 0.722. The molecule has 2 N–H and O–H groups in total. The molecule has 128 valence electrons. The Labute approximate surface area is 134 Å². The van der Waals surface area contributed by atoms with Gasteiger partial charge in [-0.1, -0.05) is 56.9 Å². The molecule has 0 saturated carbocycles. The molecule has 0 spiro atoms. The lowest BCUT2D eigenvalue weighted by Crippen LogP contribution is -2.23. The van der Waals surface area contributed by atoms with Crippen LogP contribution in [-0.2, 0) is 4.79 Å². The number of unbranched alkanes of at least 4 members (excludes halogenated alkanes) is 5. The van der Waals surface area contributed by atoms with E-state index in [-0.39, 0.29) is 6.42 Å². The lowest BCUT2D eigenvalue weighted by atomic mass is 10.0. The van der Waals surface area contributed by atoms with Gasteiger partial charge in [0, 0.05) is 5.97 Å². The largest absolute Gasteiger partial charge is 0.550 e. The van der Waals surface area contributed by atoms with Crippen LogP contribution >= 0.6 is 0 Å². The van der Waals surface area contributed by atoms with E-state index in [1.54, 1.807) is 6.08 Å². The van der Waals surface area contributed by atoms with Crippen molar-refractivity contribution in [3.8, 4) is 0 Å². The molecule has 22 heavy (non-hydrogen) atoms. The summed E-state index contributed by atoms with van der Waals surface area (Å²) in [5, 5.41) is 29.8. The molecule has 0 aliphatic heterocycles. The van der Waals surface area contributed by atoms with Gasteiger partial charge in [-0.15, -0.1) is 0 Å². The molecule has 4 nitrogen and oxygen atoms in total. The van der Waals surface area contributed by atoms with Crippen LogP contribution in [0.4, 0.5) is 0 Å². The van der Waals surface area contributed by atoms with Gasteiger partial charge in [0.2, 0.25) is 0 Å². The second kappa shape index (κ2) is 14.8. The van der Waals surface area contributed by atoms with Crippen LogP contribution in [0.3, 0.4) is 0 Å². The van der Waals surface area contributed by atoms with Crippen LogP contribution in [0.1, 0.15) is 71.1 Å². The lowest BCUT2D eigenvalue weighted by molar-refractivity contribution is -0.305. The second-order valence-corrected chi connectivity index (χ2v) is 5.66. The summed E-state index contributed by atoms with van der Waals surface area (Å²) < 4.78 is 0. The number of aliphatic hydroxyl groups excluding tert-OH is 2. The zero-order valence-corrected chi connectivity index (χ0v) is 13.7. The molecule has 0 radical (unpaired) electrons. The Morgan fingerprint density at radius 1 is 1.05 bits per heavy atom. The summed E-state index contributed by atoms with van der Waals surface area (Å²) in [4.78, 5) is 10.2. The van der Waals surface area contributed by atoms with Crippen molar-refractivity contribution in [1.29, 1.82) is 0 Å². The molecule has 0 saturated heterocycles. The highest BCUT2D eigenvalue weighted by Gasteiger charge is 2.11. The molecule has 0 heterocycles. The van der Waals surface area contributed by atoms with E-state index in [1.807, 2.05) is 6.08 Å². The van der Waals surface area contributed by atoms with Gasteiger partial charge in [0.15, 0.2) is 0 Å². The van der Waals surface area contributed by atoms with E-state index in [9.17, 15) is 20.1 Å². The van der Waals surface area contributed by atoms with Crippen LogP contribution in [0.25, 0.3) is 0 Å². The first-order chi connectivity index (χ1) is 10.6. The Morgan fingerprint density at radius 3 is 2.50 bits per heavy atom. The van der Waals surface area contributed by atoms with Crippen molar-refractivity contribution in [1.82, 2.24) is 0 Å². The number of allylic oxidation sites excluding steroid dienone is 3. The Morgan fingerprint density at radius 2 is 1.82 bits per heavy atom. The van der Waals surface area contributed by atoms with Crippen molar-refractivity contribution in [3.63, 3.8) is 0 Å². The van der Waals surface area contributed by atoms with Crippen molar-refractivity contribution < 1.29 is 20.1 Å². The zero-order valence-electron chi connectivity index (χ0n) is 13.7. The number of aliphatic hydroxyl groups is 2. The first-order valence-electron chi connectivity index (χ1n) is 8.45. The predicted molar refractivity (Wildman–Crippen MR) is 87.1 cm³/mol. The summed E-state index contributed by atoms with van der Waals surface area (Å²) >= 11 is 0. The van der Waals surface area contributed by atoms with Crippen molar-refractivity contribution in [2.45, 2.75) is 83.3 Å². The summed E-state index contributed by atoms with van der Waals surface area (Å²) in [6, 6.07) is 0. The van der Waals surface area contributed by atoms with Gasteiger partial charge in [0.25, 0.3) is 0 Å². The maximum atomic E-state index is 10.2. The second-order valence-electron chi connectivity index (χ2n) is 5.66. The average Bonchev–Trinajstić information content (AvgIpc) is 2.48. The number of carbonyl (C=O) groups excluding carboxylic acids is 1. The molecule has 0 aromatic carbocycles. The average molecular weight is 311 g/mol. The maximum Gasteiger partial charge on any atom is 0.0980 e. The number of carboxylic acid groups (broad SMARTS) is 1. The van der Waals surface area contributed by atoms with Crippen LogP contribution in [0.15, 0.2) is 24.3 Å². The minimum absolute atomic E-state index is 0.0587. The number of carbonyl (C=O) groups is 1. The van der Waals surface area contributed by atoms with Crippen LogP contribution in [0, 0.1) is 0 Å². The van der Waals surface area contributed by atoms with E-state index in [0.29, 0.717) is 19.3 Å². The Kier molecular flexibility index (Phi) is 14.0. The first kappa shape index (κ1) is 20.9. The van der Waals surface area contributed by atoms with Gasteiger partial charge in [0.05, 0.1) is 12.2 Å². The third-order valence-electron chi connectivity index (χ3n) is 3.52. The highest BCUT2D eigenvalue weighted by atomic mass is 16.4. The topological polar surface area (TPSA) is 80.6 Å². The highest BCUT2D eigenvalue weighted by molar-refractivity contribution is 5.63. The highest BCUT2D eigenvalue weighted by Crippen LogP contribution is 2.09. The monoisotopic (exact) mass is 311 g/mol. The van der Waals surface area contributed by atoms with Gasteiger partial charge in [-0.05, 0) is 38.5 Å². The van der Waals surface area contributed by atoms with E-state index in [1.165, 1.54) is 19.3 Å². The van der Waals surface area contributed by atoms with Crippen LogP contribution in [0.2, 0.25) is 0 Å². The van der Waals surface area contributed by atoms with Crippen molar-refractivity contribution in [3.05, 3.63) is 24.3 Å². The Hall–Kier alpha value is -1.13. The molecule has 0 fully saturated rings. The molecule has 0 aliphatic carbocycles. The van der Waals surface area contributed by atoms with E-state index >= 15 is 0 Å². The minimum atomic E-state index is -1.04. The molecule has 2 unspecified atom stereocenters. The Balaban J connectivity index is 3.65. The summed E-state index contributed by atoms with van der Waals surface area (Å²) in [5.74, 6) is -1.04. The fourth-order valence-corrected chi connectivity index (χ4v) is 2.12. The predicted octanol–water partition coefficient (Wildman–Crippen LogP) is 2.49. The van der Waals surface area contributed by atoms with E-state index < -0.39 is 18.2 Å². The van der Waals surface area contributed by atoms with Gasteiger partial charge >= 0.3 is 0 Å². The molecule has 4 heteroatoms. The van der Waals surface area contributed by atoms with Crippen LogP contribution < -0.4 is 5.11 Å². The van der Waals surface area contributed by atoms with E-state index in [4.69, 9.17) is 0 Å². The molecule has 0 rings (SSSR count). The smallest absolute Gasteiger partial charge is 0.0980 e. The molecule has 0 amide bonds. The quantitative estimate of drug-likeness (QED) is 0.381. The number of carboxylic acids is 1. The van der Waals surface area contributed by atoms with Gasteiger partial charge in [-0.3, -0.25) is 0 Å². The number of rotatable bonds is 14. The van der Waals surface area contributed by atoms with Crippen LogP contribution in [-0.4, -0.2) is 28.4 Å². The lowest BCUT2D eigenvalue weighted by Gasteiger charge is -2.14. The maximum absolute atomic E-state index is 10.2. The summed E-state index contributed by atoms with van der Waals surface area (Å²) in [7, 11) is 0. The van der Waals surface area contributed by atoms with Gasteiger partial charge in [-0.25, -0.2) is 0 Å². The molecule has 0 bridgehead atoms. The number of hydrogen-bond acceptors (Lipinski definition) is 4. The van der Waals surface area contributed by atoms with Crippen molar-refractivity contribution in [2.75, 3.05) is 0 Å². The SMILES string of the molecule is CCCCC/C=C\C/C=C\C(O)C(O)CCCCCC(=O)[O-].